The number of carbonyl (C=O) groups excluding carboxylic acids is 1. The summed E-state index contributed by atoms with van der Waals surface area (Å²) in [5.74, 6) is 1.68. The molecule has 5 nitrogen and oxygen atoms in total. The molecule has 0 radical (unpaired) electrons. The molecule has 1 aliphatic heterocycles. The second-order valence-electron chi connectivity index (χ2n) is 5.51. The highest BCUT2D eigenvalue weighted by atomic mass is 16.6. The molecule has 0 aromatic carbocycles. The first-order chi connectivity index (χ1) is 8.96. The standard InChI is InChI=1S/C14H20N2O3/c1-14(2,3)19-13(17)16-9-8-15-12(16)7-6-11-5-4-10-18-11/h4-5,10H,6-9H2,1-3H3. The molecule has 1 aromatic rings. The lowest BCUT2D eigenvalue weighted by Gasteiger charge is -2.25. The van der Waals surface area contributed by atoms with E-state index in [9.17, 15) is 4.79 Å². The van der Waals surface area contributed by atoms with Crippen LogP contribution in [-0.4, -0.2) is 35.5 Å². The minimum Gasteiger partial charge on any atom is -0.469 e. The topological polar surface area (TPSA) is 55.0 Å². The quantitative estimate of drug-likeness (QED) is 0.843. The van der Waals surface area contributed by atoms with E-state index in [0.717, 1.165) is 18.0 Å². The van der Waals surface area contributed by atoms with Crippen molar-refractivity contribution >= 4 is 11.9 Å². The lowest BCUT2D eigenvalue weighted by Crippen LogP contribution is -2.39. The molecule has 0 bridgehead atoms. The number of furan rings is 1. The summed E-state index contributed by atoms with van der Waals surface area (Å²) in [7, 11) is 0. The average molecular weight is 264 g/mol. The second kappa shape index (κ2) is 5.47. The number of hydrogen-bond acceptors (Lipinski definition) is 4. The number of amides is 1. The minimum absolute atomic E-state index is 0.316. The number of aryl methyl sites for hydroxylation is 1. The van der Waals surface area contributed by atoms with Crippen LogP contribution in [0.1, 0.15) is 33.0 Å². The fourth-order valence-electron chi connectivity index (χ4n) is 1.91. The van der Waals surface area contributed by atoms with Crippen molar-refractivity contribution in [3.63, 3.8) is 0 Å². The molecule has 0 atom stereocenters. The monoisotopic (exact) mass is 264 g/mol. The Bertz CT molecular complexity index is 458. The fraction of sp³-hybridized carbons (Fsp3) is 0.571. The fourth-order valence-corrected chi connectivity index (χ4v) is 1.91. The van der Waals surface area contributed by atoms with Crippen LogP contribution in [0.15, 0.2) is 27.8 Å². The molecule has 19 heavy (non-hydrogen) atoms. The first kappa shape index (κ1) is 13.6. The van der Waals surface area contributed by atoms with Crippen LogP contribution < -0.4 is 0 Å². The Hall–Kier alpha value is -1.78. The molecule has 0 aliphatic carbocycles. The van der Waals surface area contributed by atoms with Gasteiger partial charge in [0.25, 0.3) is 0 Å². The Labute approximate surface area is 113 Å². The summed E-state index contributed by atoms with van der Waals surface area (Å²) >= 11 is 0. The van der Waals surface area contributed by atoms with Gasteiger partial charge in [-0.3, -0.25) is 9.89 Å². The zero-order valence-electron chi connectivity index (χ0n) is 11.7. The van der Waals surface area contributed by atoms with Crippen LogP contribution in [0.3, 0.4) is 0 Å². The van der Waals surface area contributed by atoms with E-state index in [-0.39, 0.29) is 6.09 Å². The van der Waals surface area contributed by atoms with E-state index in [4.69, 9.17) is 9.15 Å². The van der Waals surface area contributed by atoms with Crippen LogP contribution in [0.5, 0.6) is 0 Å². The number of rotatable bonds is 3. The van der Waals surface area contributed by atoms with Crippen molar-refractivity contribution in [1.82, 2.24) is 4.90 Å². The summed E-state index contributed by atoms with van der Waals surface area (Å²) in [4.78, 5) is 18.0. The number of nitrogens with zero attached hydrogens (tertiary/aromatic N) is 2. The molecule has 0 fully saturated rings. The Balaban J connectivity index is 1.91. The zero-order valence-corrected chi connectivity index (χ0v) is 11.7. The second-order valence-corrected chi connectivity index (χ2v) is 5.51. The van der Waals surface area contributed by atoms with Gasteiger partial charge < -0.3 is 9.15 Å². The predicted octanol–water partition coefficient (Wildman–Crippen LogP) is 2.86. The van der Waals surface area contributed by atoms with Crippen molar-refractivity contribution in [1.29, 1.82) is 0 Å². The first-order valence-electron chi connectivity index (χ1n) is 6.52. The van der Waals surface area contributed by atoms with Crippen LogP contribution in [0.25, 0.3) is 0 Å². The smallest absolute Gasteiger partial charge is 0.415 e. The van der Waals surface area contributed by atoms with Gasteiger partial charge in [-0.2, -0.15) is 0 Å². The molecular weight excluding hydrogens is 244 g/mol. The molecule has 2 heterocycles. The molecule has 0 spiro atoms. The van der Waals surface area contributed by atoms with E-state index in [2.05, 4.69) is 4.99 Å². The molecule has 2 rings (SSSR count). The number of hydrogen-bond donors (Lipinski definition) is 0. The van der Waals surface area contributed by atoms with Gasteiger partial charge >= 0.3 is 6.09 Å². The predicted molar refractivity (Wildman–Crippen MR) is 72.3 cm³/mol. The average Bonchev–Trinajstić information content (AvgIpc) is 2.95. The molecule has 104 valence electrons. The maximum atomic E-state index is 12.0. The first-order valence-corrected chi connectivity index (χ1v) is 6.52. The molecule has 1 aromatic heterocycles. The minimum atomic E-state index is -0.480. The Morgan fingerprint density at radius 1 is 1.47 bits per heavy atom. The lowest BCUT2D eigenvalue weighted by atomic mass is 10.2. The summed E-state index contributed by atoms with van der Waals surface area (Å²) in [5.41, 5.74) is -0.480. The van der Waals surface area contributed by atoms with Crippen molar-refractivity contribution in [3.8, 4) is 0 Å². The van der Waals surface area contributed by atoms with Gasteiger partial charge in [-0.1, -0.05) is 0 Å². The third kappa shape index (κ3) is 3.84. The molecule has 0 saturated carbocycles. The molecular formula is C14H20N2O3. The number of aliphatic imine (C=N–C) groups is 1. The highest BCUT2D eigenvalue weighted by Gasteiger charge is 2.28. The van der Waals surface area contributed by atoms with Crippen LogP contribution >= 0.6 is 0 Å². The van der Waals surface area contributed by atoms with Crippen molar-refractivity contribution < 1.29 is 13.9 Å². The highest BCUT2D eigenvalue weighted by Crippen LogP contribution is 2.15. The summed E-state index contributed by atoms with van der Waals surface area (Å²) < 4.78 is 10.7. The zero-order chi connectivity index (χ0) is 13.9. The maximum Gasteiger partial charge on any atom is 0.415 e. The van der Waals surface area contributed by atoms with Gasteiger partial charge in [0.1, 0.15) is 17.2 Å². The summed E-state index contributed by atoms with van der Waals surface area (Å²) in [6, 6.07) is 3.78. The molecule has 1 amide bonds. The Morgan fingerprint density at radius 3 is 2.89 bits per heavy atom. The van der Waals surface area contributed by atoms with Crippen molar-refractivity contribution in [2.45, 2.75) is 39.2 Å². The Kier molecular flexibility index (Phi) is 3.93. The van der Waals surface area contributed by atoms with Crippen LogP contribution in [0.4, 0.5) is 4.79 Å². The van der Waals surface area contributed by atoms with Gasteiger partial charge in [-0.15, -0.1) is 0 Å². The van der Waals surface area contributed by atoms with E-state index in [1.165, 1.54) is 0 Å². The van der Waals surface area contributed by atoms with Crippen LogP contribution in [-0.2, 0) is 11.2 Å². The lowest BCUT2D eigenvalue weighted by molar-refractivity contribution is 0.0381. The summed E-state index contributed by atoms with van der Waals surface area (Å²) in [6.45, 7) is 6.83. The summed E-state index contributed by atoms with van der Waals surface area (Å²) in [6.07, 6.45) is 2.76. The van der Waals surface area contributed by atoms with E-state index in [1.54, 1.807) is 11.2 Å². The van der Waals surface area contributed by atoms with Gasteiger partial charge in [0.2, 0.25) is 0 Å². The van der Waals surface area contributed by atoms with Crippen LogP contribution in [0.2, 0.25) is 0 Å². The van der Waals surface area contributed by atoms with E-state index in [1.807, 2.05) is 32.9 Å². The van der Waals surface area contributed by atoms with Crippen molar-refractivity contribution in [3.05, 3.63) is 24.2 Å². The SMILES string of the molecule is CC(C)(C)OC(=O)N1CCN=C1CCc1ccco1. The molecule has 0 N–H and O–H groups in total. The van der Waals surface area contributed by atoms with Crippen LogP contribution in [0, 0.1) is 0 Å². The van der Waals surface area contributed by atoms with Gasteiger partial charge in [0, 0.05) is 12.8 Å². The molecule has 5 heteroatoms. The van der Waals surface area contributed by atoms with E-state index in [0.29, 0.717) is 19.5 Å². The van der Waals surface area contributed by atoms with Gasteiger partial charge in [0.15, 0.2) is 0 Å². The van der Waals surface area contributed by atoms with Gasteiger partial charge in [-0.05, 0) is 32.9 Å². The third-order valence-corrected chi connectivity index (χ3v) is 2.72. The van der Waals surface area contributed by atoms with Crippen molar-refractivity contribution in [2.24, 2.45) is 4.99 Å². The van der Waals surface area contributed by atoms with E-state index < -0.39 is 5.60 Å². The molecule has 0 saturated heterocycles. The number of amidine groups is 1. The normalized spacial score (nSPS) is 15.5. The Morgan fingerprint density at radius 2 is 2.26 bits per heavy atom. The third-order valence-electron chi connectivity index (χ3n) is 2.72. The molecule has 1 aliphatic rings. The van der Waals surface area contributed by atoms with E-state index >= 15 is 0 Å². The van der Waals surface area contributed by atoms with Gasteiger partial charge in [0.05, 0.1) is 19.4 Å². The molecule has 0 unspecified atom stereocenters. The largest absolute Gasteiger partial charge is 0.469 e. The highest BCUT2D eigenvalue weighted by molar-refractivity contribution is 5.96. The number of carbonyl (C=O) groups is 1. The summed E-state index contributed by atoms with van der Waals surface area (Å²) in [5, 5.41) is 0. The number of ether oxygens (including phenoxy) is 1. The van der Waals surface area contributed by atoms with Gasteiger partial charge in [-0.25, -0.2) is 4.79 Å². The maximum absolute atomic E-state index is 12.0. The van der Waals surface area contributed by atoms with Crippen molar-refractivity contribution in [2.75, 3.05) is 13.1 Å².